The Morgan fingerprint density at radius 3 is 2.42 bits per heavy atom. The molecule has 0 aromatic heterocycles. The minimum Gasteiger partial charge on any atom is -0.325 e. The molecule has 1 amide bonds. The van der Waals surface area contributed by atoms with Crippen LogP contribution in [0, 0.1) is 19.7 Å². The van der Waals surface area contributed by atoms with Gasteiger partial charge in [0.25, 0.3) is 0 Å². The molecule has 0 aliphatic carbocycles. The minimum absolute atomic E-state index is 0.159. The third-order valence-electron chi connectivity index (χ3n) is 4.92. The van der Waals surface area contributed by atoms with E-state index in [1.54, 1.807) is 13.0 Å². The Kier molecular flexibility index (Phi) is 6.28. The largest absolute Gasteiger partial charge is 0.325 e. The number of benzene rings is 3. The van der Waals surface area contributed by atoms with Gasteiger partial charge in [0.15, 0.2) is 0 Å². The van der Waals surface area contributed by atoms with E-state index in [1.165, 1.54) is 29.5 Å². The molecule has 1 aliphatic heterocycles. The molecule has 0 atom stereocenters. The number of nitrogens with one attached hydrogen (secondary N) is 1. The molecule has 3 aromatic rings. The summed E-state index contributed by atoms with van der Waals surface area (Å²) < 4.78 is 13.3. The first-order valence-corrected chi connectivity index (χ1v) is 11.0. The van der Waals surface area contributed by atoms with Crippen molar-refractivity contribution in [1.82, 2.24) is 0 Å². The van der Waals surface area contributed by atoms with Gasteiger partial charge in [-0.15, -0.1) is 11.8 Å². The van der Waals surface area contributed by atoms with Crippen LogP contribution in [0.4, 0.5) is 21.5 Å². The molecule has 0 unspecified atom stereocenters. The van der Waals surface area contributed by atoms with Crippen LogP contribution in [0.15, 0.2) is 76.7 Å². The molecule has 3 aromatic carbocycles. The van der Waals surface area contributed by atoms with E-state index in [0.717, 1.165) is 27.7 Å². The number of para-hydroxylation sites is 2. The van der Waals surface area contributed by atoms with Gasteiger partial charge in [0.1, 0.15) is 5.82 Å². The molecule has 1 aliphatic rings. The van der Waals surface area contributed by atoms with Crippen LogP contribution in [0.5, 0.6) is 0 Å². The van der Waals surface area contributed by atoms with Crippen LogP contribution in [0.25, 0.3) is 0 Å². The molecule has 0 radical (unpaired) electrons. The quantitative estimate of drug-likeness (QED) is 0.522. The molecule has 156 valence electrons. The Hall–Kier alpha value is -3.25. The van der Waals surface area contributed by atoms with Crippen LogP contribution in [0.1, 0.15) is 23.1 Å². The van der Waals surface area contributed by atoms with Crippen molar-refractivity contribution in [2.75, 3.05) is 11.1 Å². The molecule has 0 bridgehead atoms. The van der Waals surface area contributed by atoms with Crippen LogP contribution in [-0.2, 0) is 4.79 Å². The van der Waals surface area contributed by atoms with Crippen molar-refractivity contribution in [3.63, 3.8) is 0 Å². The maximum Gasteiger partial charge on any atom is 0.234 e. The van der Waals surface area contributed by atoms with E-state index < -0.39 is 0 Å². The number of nitrogens with zero attached hydrogens (tertiary/aromatic N) is 2. The highest BCUT2D eigenvalue weighted by Gasteiger charge is 2.17. The summed E-state index contributed by atoms with van der Waals surface area (Å²) in [6.45, 7) is 3.82. The SMILES string of the molecule is Cc1ccc(C2=Nc3ccccc3N=C(SCC(=O)Nc3ccc(F)cc3C)C2)cc1. The Bertz CT molecular complexity index is 1190. The monoisotopic (exact) mass is 431 g/mol. The zero-order valence-electron chi connectivity index (χ0n) is 17.4. The van der Waals surface area contributed by atoms with Crippen molar-refractivity contribution in [1.29, 1.82) is 0 Å². The highest BCUT2D eigenvalue weighted by molar-refractivity contribution is 8.14. The number of rotatable bonds is 4. The number of hydrogen-bond acceptors (Lipinski definition) is 4. The third kappa shape index (κ3) is 5.27. The maximum atomic E-state index is 13.3. The van der Waals surface area contributed by atoms with Crippen molar-refractivity contribution in [3.8, 4) is 0 Å². The predicted molar refractivity (Wildman–Crippen MR) is 128 cm³/mol. The van der Waals surface area contributed by atoms with Crippen molar-refractivity contribution in [3.05, 3.63) is 89.2 Å². The Morgan fingerprint density at radius 1 is 1.00 bits per heavy atom. The summed E-state index contributed by atoms with van der Waals surface area (Å²) in [5.74, 6) is -0.271. The number of aryl methyl sites for hydroxylation is 2. The normalized spacial score (nSPS) is 13.0. The fourth-order valence-corrected chi connectivity index (χ4v) is 4.03. The Balaban J connectivity index is 1.52. The second kappa shape index (κ2) is 9.27. The lowest BCUT2D eigenvalue weighted by Crippen LogP contribution is -2.17. The van der Waals surface area contributed by atoms with Crippen LogP contribution >= 0.6 is 11.8 Å². The number of amides is 1. The fraction of sp³-hybridized carbons (Fsp3) is 0.160. The summed E-state index contributed by atoms with van der Waals surface area (Å²) in [7, 11) is 0. The standard InChI is InChI=1S/C25H22FN3OS/c1-16-7-9-18(10-8-16)23-14-25(29-22-6-4-3-5-21(22)27-23)31-15-24(30)28-20-12-11-19(26)13-17(20)2/h3-13H,14-15H2,1-2H3,(H,28,30). The van der Waals surface area contributed by atoms with Crippen LogP contribution < -0.4 is 5.32 Å². The molecule has 31 heavy (non-hydrogen) atoms. The number of carbonyl (C=O) groups excluding carboxylic acids is 1. The predicted octanol–water partition coefficient (Wildman–Crippen LogP) is 6.37. The van der Waals surface area contributed by atoms with Crippen molar-refractivity contribution in [2.24, 2.45) is 9.98 Å². The van der Waals surface area contributed by atoms with Crippen LogP contribution in [0.3, 0.4) is 0 Å². The lowest BCUT2D eigenvalue weighted by molar-refractivity contribution is -0.113. The molecule has 4 nitrogen and oxygen atoms in total. The number of thioether (sulfide) groups is 1. The molecular formula is C25H22FN3OS. The molecule has 4 rings (SSSR count). The molecular weight excluding hydrogens is 409 g/mol. The van der Waals surface area contributed by atoms with E-state index in [0.29, 0.717) is 17.7 Å². The van der Waals surface area contributed by atoms with Gasteiger partial charge in [-0.2, -0.15) is 0 Å². The molecule has 1 N–H and O–H groups in total. The van der Waals surface area contributed by atoms with E-state index in [-0.39, 0.29) is 17.5 Å². The average molecular weight is 432 g/mol. The van der Waals surface area contributed by atoms with Gasteiger partial charge in [-0.3, -0.25) is 9.79 Å². The summed E-state index contributed by atoms with van der Waals surface area (Å²) in [5.41, 5.74) is 6.07. The molecule has 0 fully saturated rings. The first-order chi connectivity index (χ1) is 15.0. The van der Waals surface area contributed by atoms with E-state index in [4.69, 9.17) is 9.98 Å². The van der Waals surface area contributed by atoms with Gasteiger partial charge in [-0.25, -0.2) is 9.38 Å². The zero-order valence-corrected chi connectivity index (χ0v) is 18.2. The van der Waals surface area contributed by atoms with Crippen molar-refractivity contribution in [2.45, 2.75) is 20.3 Å². The van der Waals surface area contributed by atoms with E-state index in [2.05, 4.69) is 36.5 Å². The highest BCUT2D eigenvalue weighted by atomic mass is 32.2. The molecule has 0 spiro atoms. The second-order valence-corrected chi connectivity index (χ2v) is 8.44. The summed E-state index contributed by atoms with van der Waals surface area (Å²) in [5, 5.41) is 3.68. The average Bonchev–Trinajstić information content (AvgIpc) is 2.94. The summed E-state index contributed by atoms with van der Waals surface area (Å²) >= 11 is 1.40. The number of hydrogen-bond donors (Lipinski definition) is 1. The number of anilines is 1. The number of fused-ring (bicyclic) bond motifs is 1. The van der Waals surface area contributed by atoms with Gasteiger partial charge in [0.2, 0.25) is 5.91 Å². The summed E-state index contributed by atoms with van der Waals surface area (Å²) in [4.78, 5) is 22.1. The van der Waals surface area contributed by atoms with Gasteiger partial charge in [-0.05, 0) is 55.3 Å². The van der Waals surface area contributed by atoms with Crippen molar-refractivity contribution < 1.29 is 9.18 Å². The Morgan fingerprint density at radius 2 is 1.71 bits per heavy atom. The van der Waals surface area contributed by atoms with Gasteiger partial charge < -0.3 is 5.32 Å². The Labute approximate surface area is 185 Å². The minimum atomic E-state index is -0.320. The number of halogens is 1. The topological polar surface area (TPSA) is 53.8 Å². The van der Waals surface area contributed by atoms with E-state index in [9.17, 15) is 9.18 Å². The van der Waals surface area contributed by atoms with Gasteiger partial charge >= 0.3 is 0 Å². The smallest absolute Gasteiger partial charge is 0.234 e. The number of carbonyl (C=O) groups is 1. The summed E-state index contributed by atoms with van der Waals surface area (Å²) in [6.07, 6.45) is 0.547. The lowest BCUT2D eigenvalue weighted by Gasteiger charge is -2.10. The summed E-state index contributed by atoms with van der Waals surface area (Å²) in [6, 6.07) is 20.3. The molecule has 0 saturated carbocycles. The lowest BCUT2D eigenvalue weighted by atomic mass is 10.1. The number of aliphatic imine (C=N–C) groups is 2. The van der Waals surface area contributed by atoms with Gasteiger partial charge in [-0.1, -0.05) is 42.0 Å². The first kappa shape index (κ1) is 21.0. The first-order valence-electron chi connectivity index (χ1n) is 9.98. The van der Waals surface area contributed by atoms with Crippen LogP contribution in [-0.4, -0.2) is 22.4 Å². The molecule has 6 heteroatoms. The van der Waals surface area contributed by atoms with Crippen molar-refractivity contribution >= 4 is 45.5 Å². The van der Waals surface area contributed by atoms with E-state index >= 15 is 0 Å². The van der Waals surface area contributed by atoms with E-state index in [1.807, 2.05) is 24.3 Å². The zero-order chi connectivity index (χ0) is 21.8. The van der Waals surface area contributed by atoms with Gasteiger partial charge in [0.05, 0.1) is 27.9 Å². The molecule has 0 saturated heterocycles. The third-order valence-corrected chi connectivity index (χ3v) is 5.89. The van der Waals surface area contributed by atoms with Crippen LogP contribution in [0.2, 0.25) is 0 Å². The second-order valence-electron chi connectivity index (χ2n) is 7.39. The molecule has 1 heterocycles. The highest BCUT2D eigenvalue weighted by Crippen LogP contribution is 2.33. The van der Waals surface area contributed by atoms with Gasteiger partial charge in [0, 0.05) is 12.1 Å². The fourth-order valence-electron chi connectivity index (χ4n) is 3.25. The maximum absolute atomic E-state index is 13.3.